The Bertz CT molecular complexity index is 1110. The molecule has 2 heterocycles. The van der Waals surface area contributed by atoms with Gasteiger partial charge in [0, 0.05) is 16.6 Å². The molecule has 35 heavy (non-hydrogen) atoms. The lowest BCUT2D eigenvalue weighted by atomic mass is 9.50. The molecule has 2 aromatic heterocycles. The number of aromatic nitrogens is 1. The number of aryl methyl sites for hydroxylation is 1. The second-order valence-corrected chi connectivity index (χ2v) is 12.9. The molecule has 4 aliphatic carbocycles. The van der Waals surface area contributed by atoms with Crippen molar-refractivity contribution >= 4 is 40.4 Å². The zero-order valence-electron chi connectivity index (χ0n) is 20.7. The molecule has 0 aliphatic heterocycles. The van der Waals surface area contributed by atoms with Gasteiger partial charge in [-0.2, -0.15) is 0 Å². The number of carbonyl (C=O) groups excluding carboxylic acids is 2. The third kappa shape index (κ3) is 5.21. The second kappa shape index (κ2) is 9.40. The van der Waals surface area contributed by atoms with Crippen molar-refractivity contribution in [2.24, 2.45) is 11.8 Å². The van der Waals surface area contributed by atoms with Gasteiger partial charge in [0.15, 0.2) is 0 Å². The monoisotopic (exact) mass is 514 g/mol. The van der Waals surface area contributed by atoms with Crippen LogP contribution in [0.25, 0.3) is 0 Å². The Morgan fingerprint density at radius 3 is 2.60 bits per heavy atom. The minimum atomic E-state index is -0.475. The van der Waals surface area contributed by atoms with Crippen molar-refractivity contribution in [3.05, 3.63) is 44.9 Å². The molecule has 2 aromatic rings. The first-order valence-electron chi connectivity index (χ1n) is 12.8. The predicted octanol–water partition coefficient (Wildman–Crippen LogP) is 5.80. The number of amides is 2. The Balaban J connectivity index is 1.27. The number of nitrogens with zero attached hydrogens (tertiary/aromatic N) is 1. The molecule has 6 nitrogen and oxygen atoms in total. The molecule has 1 atom stereocenters. The number of hydrogen-bond acceptors (Lipinski definition) is 5. The van der Waals surface area contributed by atoms with E-state index in [-0.39, 0.29) is 17.4 Å². The van der Waals surface area contributed by atoms with Crippen LogP contribution in [0.4, 0.5) is 5.69 Å². The van der Waals surface area contributed by atoms with Crippen molar-refractivity contribution in [3.63, 3.8) is 0 Å². The summed E-state index contributed by atoms with van der Waals surface area (Å²) in [5.41, 5.74) is 1.32. The highest BCUT2D eigenvalue weighted by Gasteiger charge is 2.57. The molecule has 4 fully saturated rings. The minimum Gasteiger partial charge on any atom is -0.374 e. The van der Waals surface area contributed by atoms with Crippen LogP contribution in [0.15, 0.2) is 24.4 Å². The molecule has 188 valence electrons. The van der Waals surface area contributed by atoms with Gasteiger partial charge in [-0.25, -0.2) is 0 Å². The van der Waals surface area contributed by atoms with E-state index in [9.17, 15) is 9.59 Å². The van der Waals surface area contributed by atoms with Crippen LogP contribution in [0.2, 0.25) is 5.02 Å². The first kappa shape index (κ1) is 24.6. The molecule has 2 amide bonds. The van der Waals surface area contributed by atoms with Crippen molar-refractivity contribution in [1.82, 2.24) is 15.6 Å². The van der Waals surface area contributed by atoms with Crippen LogP contribution in [-0.4, -0.2) is 28.4 Å². The van der Waals surface area contributed by atoms with Crippen LogP contribution in [0.5, 0.6) is 0 Å². The number of hydrogen-bond donors (Lipinski definition) is 3. The summed E-state index contributed by atoms with van der Waals surface area (Å²) in [6.45, 7) is 6.08. The Morgan fingerprint density at radius 2 is 1.94 bits per heavy atom. The van der Waals surface area contributed by atoms with Crippen molar-refractivity contribution in [2.45, 2.75) is 89.3 Å². The molecule has 4 saturated carbocycles. The fourth-order valence-corrected chi connectivity index (χ4v) is 6.97. The lowest BCUT2D eigenvalue weighted by Gasteiger charge is -2.62. The first-order valence-corrected chi connectivity index (χ1v) is 14.0. The fraction of sp³-hybridized carbons (Fsp3) is 0.593. The van der Waals surface area contributed by atoms with Crippen molar-refractivity contribution in [3.8, 4) is 0 Å². The number of halogens is 1. The SMILES string of the molecule is Cc1ncc(Cl)cc1NC(C)(C)c1ccc(C(=O)NC(CC2CCCC2)C(=O)NC23CC(C2)C3)s1. The summed E-state index contributed by atoms with van der Waals surface area (Å²) >= 11 is 7.59. The predicted molar refractivity (Wildman–Crippen MR) is 141 cm³/mol. The van der Waals surface area contributed by atoms with Crippen LogP contribution < -0.4 is 16.0 Å². The summed E-state index contributed by atoms with van der Waals surface area (Å²) in [6.07, 6.45) is 10.4. The summed E-state index contributed by atoms with van der Waals surface area (Å²) in [4.78, 5) is 32.4. The van der Waals surface area contributed by atoms with Gasteiger partial charge in [0.1, 0.15) is 6.04 Å². The molecule has 0 radical (unpaired) electrons. The summed E-state index contributed by atoms with van der Waals surface area (Å²) < 4.78 is 0. The van der Waals surface area contributed by atoms with Crippen LogP contribution in [-0.2, 0) is 10.3 Å². The van der Waals surface area contributed by atoms with E-state index in [1.807, 2.05) is 25.1 Å². The van der Waals surface area contributed by atoms with E-state index in [2.05, 4.69) is 34.8 Å². The van der Waals surface area contributed by atoms with E-state index >= 15 is 0 Å². The Hall–Kier alpha value is -2.12. The molecule has 2 bridgehead atoms. The molecule has 0 saturated heterocycles. The molecule has 1 unspecified atom stereocenters. The lowest BCUT2D eigenvalue weighted by Crippen LogP contribution is -2.70. The standard InChI is InChI=1S/C27H35ClN4O2S/c1-16-20(11-19(28)15-29-16)31-26(2,3)23-9-8-22(35-23)25(34)30-21(10-17-6-4-5-7-17)24(33)32-27-12-18(13-27)14-27/h8-9,11,15,17-18,21,31H,4-7,10,12-14H2,1-3H3,(H,30,34)(H,32,33). The fourth-order valence-electron chi connectivity index (χ4n) is 5.85. The molecular weight excluding hydrogens is 480 g/mol. The van der Waals surface area contributed by atoms with Crippen molar-refractivity contribution in [1.29, 1.82) is 0 Å². The van der Waals surface area contributed by atoms with Crippen molar-refractivity contribution < 1.29 is 9.59 Å². The van der Waals surface area contributed by atoms with E-state index in [1.165, 1.54) is 24.2 Å². The maximum Gasteiger partial charge on any atom is 0.262 e. The third-order valence-electron chi connectivity index (χ3n) is 8.04. The zero-order valence-corrected chi connectivity index (χ0v) is 22.3. The molecule has 4 aliphatic rings. The van der Waals surface area contributed by atoms with Gasteiger partial charge in [0.2, 0.25) is 5.91 Å². The van der Waals surface area contributed by atoms with Crippen LogP contribution in [0.3, 0.4) is 0 Å². The lowest BCUT2D eigenvalue weighted by molar-refractivity contribution is -0.135. The van der Waals surface area contributed by atoms with Crippen LogP contribution in [0.1, 0.15) is 85.5 Å². The summed E-state index contributed by atoms with van der Waals surface area (Å²) in [6, 6.07) is 5.23. The van der Waals surface area contributed by atoms with Gasteiger partial charge in [0.25, 0.3) is 5.91 Å². The van der Waals surface area contributed by atoms with Gasteiger partial charge < -0.3 is 16.0 Å². The molecule has 6 rings (SSSR count). The number of carbonyl (C=O) groups is 2. The average molecular weight is 515 g/mol. The third-order valence-corrected chi connectivity index (χ3v) is 9.65. The number of pyridine rings is 1. The smallest absolute Gasteiger partial charge is 0.262 e. The maximum absolute atomic E-state index is 13.3. The Morgan fingerprint density at radius 1 is 1.23 bits per heavy atom. The Labute approximate surface area is 216 Å². The van der Waals surface area contributed by atoms with E-state index in [0.717, 1.165) is 60.7 Å². The van der Waals surface area contributed by atoms with Crippen LogP contribution in [0, 0.1) is 18.8 Å². The molecule has 0 spiro atoms. The van der Waals surface area contributed by atoms with E-state index in [0.29, 0.717) is 15.8 Å². The maximum atomic E-state index is 13.3. The minimum absolute atomic E-state index is 0.00823. The Kier molecular flexibility index (Phi) is 6.60. The molecule has 8 heteroatoms. The summed E-state index contributed by atoms with van der Waals surface area (Å²) in [5.74, 6) is 1.13. The number of nitrogens with one attached hydrogen (secondary N) is 3. The summed E-state index contributed by atoms with van der Waals surface area (Å²) in [5, 5.41) is 10.5. The van der Waals surface area contributed by atoms with Gasteiger partial charge in [0.05, 0.1) is 26.8 Å². The van der Waals surface area contributed by atoms with E-state index < -0.39 is 11.6 Å². The highest BCUT2D eigenvalue weighted by molar-refractivity contribution is 7.14. The van der Waals surface area contributed by atoms with Crippen molar-refractivity contribution in [2.75, 3.05) is 5.32 Å². The zero-order chi connectivity index (χ0) is 24.8. The van der Waals surface area contributed by atoms with Gasteiger partial charge in [-0.15, -0.1) is 11.3 Å². The largest absolute Gasteiger partial charge is 0.374 e. The second-order valence-electron chi connectivity index (χ2n) is 11.4. The normalized spacial score (nSPS) is 24.3. The molecule has 3 N–H and O–H groups in total. The topological polar surface area (TPSA) is 83.1 Å². The summed E-state index contributed by atoms with van der Waals surface area (Å²) in [7, 11) is 0. The number of thiophene rings is 1. The molecule has 0 aromatic carbocycles. The first-order chi connectivity index (χ1) is 16.6. The quantitative estimate of drug-likeness (QED) is 0.395. The average Bonchev–Trinajstić information content (AvgIpc) is 3.44. The number of anilines is 1. The van der Waals surface area contributed by atoms with E-state index in [1.54, 1.807) is 6.20 Å². The number of rotatable bonds is 9. The van der Waals surface area contributed by atoms with Gasteiger partial charge in [-0.3, -0.25) is 14.6 Å². The highest BCUT2D eigenvalue weighted by atomic mass is 35.5. The van der Waals surface area contributed by atoms with Gasteiger partial charge in [-0.1, -0.05) is 37.3 Å². The van der Waals surface area contributed by atoms with Crippen LogP contribution >= 0.6 is 22.9 Å². The van der Waals surface area contributed by atoms with E-state index in [4.69, 9.17) is 11.6 Å². The molecular formula is C27H35ClN4O2S. The highest BCUT2D eigenvalue weighted by Crippen LogP contribution is 2.57. The van der Waals surface area contributed by atoms with Gasteiger partial charge >= 0.3 is 0 Å². The van der Waals surface area contributed by atoms with Gasteiger partial charge in [-0.05, 0) is 76.5 Å².